The van der Waals surface area contributed by atoms with Gasteiger partial charge in [-0.15, -0.1) is 0 Å². The molecular weight excluding hydrogens is 218 g/mol. The number of pyridine rings is 1. The van der Waals surface area contributed by atoms with Crippen molar-refractivity contribution in [2.45, 2.75) is 26.3 Å². The Morgan fingerprint density at radius 1 is 0.889 bits per heavy atom. The molecule has 0 fully saturated rings. The van der Waals surface area contributed by atoms with Gasteiger partial charge >= 0.3 is 0 Å². The zero-order valence-corrected chi connectivity index (χ0v) is 10.8. The lowest BCUT2D eigenvalue weighted by molar-refractivity contribution is -0.671. The minimum absolute atomic E-state index is 1.10. The van der Waals surface area contributed by atoms with Crippen LogP contribution in [0.1, 0.15) is 19.8 Å². The van der Waals surface area contributed by atoms with E-state index in [0.29, 0.717) is 0 Å². The Labute approximate surface area is 108 Å². The summed E-state index contributed by atoms with van der Waals surface area (Å²) in [5.41, 5.74) is 1.34. The van der Waals surface area contributed by atoms with E-state index in [1.54, 1.807) is 0 Å². The van der Waals surface area contributed by atoms with E-state index in [1.165, 1.54) is 34.5 Å². The average molecular weight is 236 g/mol. The number of aromatic nitrogens is 1. The van der Waals surface area contributed by atoms with E-state index in [1.807, 2.05) is 0 Å². The van der Waals surface area contributed by atoms with Crippen molar-refractivity contribution < 1.29 is 4.57 Å². The summed E-state index contributed by atoms with van der Waals surface area (Å²) in [5.74, 6) is 0. The molecule has 3 rings (SSSR count). The van der Waals surface area contributed by atoms with Crippen LogP contribution in [0.5, 0.6) is 0 Å². The highest BCUT2D eigenvalue weighted by Gasteiger charge is 2.09. The lowest BCUT2D eigenvalue weighted by Crippen LogP contribution is -2.33. The lowest BCUT2D eigenvalue weighted by Gasteiger charge is -2.04. The third-order valence-corrected chi connectivity index (χ3v) is 3.54. The molecule has 0 aliphatic carbocycles. The Bertz CT molecular complexity index is 685. The first-order chi connectivity index (χ1) is 8.90. The fourth-order valence-corrected chi connectivity index (χ4v) is 2.56. The number of unbranched alkanes of at least 4 members (excludes halogenated alkanes) is 1. The van der Waals surface area contributed by atoms with Crippen LogP contribution >= 0.6 is 0 Å². The third-order valence-electron chi connectivity index (χ3n) is 3.54. The van der Waals surface area contributed by atoms with Crippen LogP contribution in [-0.4, -0.2) is 0 Å². The fraction of sp³-hybridized carbons (Fsp3) is 0.235. The Balaban J connectivity index is 2.26. The summed E-state index contributed by atoms with van der Waals surface area (Å²) in [6, 6.07) is 17.4. The van der Waals surface area contributed by atoms with Gasteiger partial charge in [0.1, 0.15) is 6.54 Å². The molecule has 0 saturated carbocycles. The molecular formula is C17H18N+. The van der Waals surface area contributed by atoms with Crippen LogP contribution < -0.4 is 4.57 Å². The Kier molecular flexibility index (Phi) is 2.97. The number of rotatable bonds is 3. The molecule has 18 heavy (non-hydrogen) atoms. The van der Waals surface area contributed by atoms with Crippen LogP contribution in [0.25, 0.3) is 21.7 Å². The predicted molar refractivity (Wildman–Crippen MR) is 76.6 cm³/mol. The second-order valence-electron chi connectivity index (χ2n) is 4.77. The highest BCUT2D eigenvalue weighted by molar-refractivity contribution is 6.04. The first-order valence-electron chi connectivity index (χ1n) is 6.70. The first kappa shape index (κ1) is 11.2. The van der Waals surface area contributed by atoms with E-state index < -0.39 is 0 Å². The molecule has 1 nitrogen and oxygen atoms in total. The molecule has 0 N–H and O–H groups in total. The van der Waals surface area contributed by atoms with Crippen molar-refractivity contribution >= 4 is 21.7 Å². The molecule has 0 aliphatic heterocycles. The van der Waals surface area contributed by atoms with Gasteiger partial charge in [0.15, 0.2) is 6.20 Å². The fourth-order valence-electron chi connectivity index (χ4n) is 2.56. The van der Waals surface area contributed by atoms with Gasteiger partial charge in [0.2, 0.25) is 5.52 Å². The van der Waals surface area contributed by atoms with Crippen molar-refractivity contribution in [3.8, 4) is 0 Å². The molecule has 0 atom stereocenters. The van der Waals surface area contributed by atoms with Gasteiger partial charge in [0.25, 0.3) is 0 Å². The normalized spacial score (nSPS) is 11.2. The minimum Gasteiger partial charge on any atom is -0.198 e. The SMILES string of the molecule is CCCC[n+]1cccc2c3ccccc3ccc21. The number of benzene rings is 2. The van der Waals surface area contributed by atoms with Crippen molar-refractivity contribution in [1.82, 2.24) is 0 Å². The number of hydrogen-bond acceptors (Lipinski definition) is 0. The van der Waals surface area contributed by atoms with Crippen LogP contribution in [0, 0.1) is 0 Å². The molecule has 2 aromatic carbocycles. The van der Waals surface area contributed by atoms with Gasteiger partial charge in [-0.1, -0.05) is 37.6 Å². The molecule has 1 heteroatoms. The smallest absolute Gasteiger partial charge is 0.198 e. The maximum absolute atomic E-state index is 2.37. The minimum atomic E-state index is 1.10. The van der Waals surface area contributed by atoms with Crippen molar-refractivity contribution in [3.05, 3.63) is 54.7 Å². The lowest BCUT2D eigenvalue weighted by atomic mass is 10.1. The quantitative estimate of drug-likeness (QED) is 0.476. The maximum Gasteiger partial charge on any atom is 0.213 e. The zero-order chi connectivity index (χ0) is 12.4. The number of aryl methyl sites for hydroxylation is 1. The molecule has 3 aromatic rings. The molecule has 90 valence electrons. The van der Waals surface area contributed by atoms with E-state index in [9.17, 15) is 0 Å². The van der Waals surface area contributed by atoms with E-state index in [0.717, 1.165) is 6.54 Å². The van der Waals surface area contributed by atoms with Crippen molar-refractivity contribution in [2.75, 3.05) is 0 Å². The molecule has 0 bridgehead atoms. The summed E-state index contributed by atoms with van der Waals surface area (Å²) in [5, 5.41) is 4.02. The van der Waals surface area contributed by atoms with Crippen LogP contribution in [-0.2, 0) is 6.54 Å². The van der Waals surface area contributed by atoms with E-state index in [-0.39, 0.29) is 0 Å². The van der Waals surface area contributed by atoms with Crippen molar-refractivity contribution in [2.24, 2.45) is 0 Å². The third kappa shape index (κ3) is 1.86. The van der Waals surface area contributed by atoms with Gasteiger partial charge < -0.3 is 0 Å². The van der Waals surface area contributed by atoms with Crippen LogP contribution in [0.3, 0.4) is 0 Å². The van der Waals surface area contributed by atoms with Crippen molar-refractivity contribution in [3.63, 3.8) is 0 Å². The monoisotopic (exact) mass is 236 g/mol. The number of nitrogens with zero attached hydrogens (tertiary/aromatic N) is 1. The predicted octanol–water partition coefficient (Wildman–Crippen LogP) is 4.08. The maximum atomic E-state index is 2.37. The van der Waals surface area contributed by atoms with E-state index in [2.05, 4.69) is 66.2 Å². The highest BCUT2D eigenvalue weighted by Crippen LogP contribution is 2.22. The summed E-state index contributed by atoms with van der Waals surface area (Å²) in [6.07, 6.45) is 4.65. The molecule has 0 amide bonds. The molecule has 1 aromatic heterocycles. The molecule has 0 radical (unpaired) electrons. The summed E-state index contributed by atoms with van der Waals surface area (Å²) >= 11 is 0. The van der Waals surface area contributed by atoms with Gasteiger partial charge in [-0.05, 0) is 22.9 Å². The standard InChI is InChI=1S/C17H18N/c1-2-3-12-18-13-6-9-16-15-8-5-4-7-14(15)10-11-17(16)18/h4-11,13H,2-3,12H2,1H3/q+1. The second-order valence-corrected chi connectivity index (χ2v) is 4.77. The average Bonchev–Trinajstić information content (AvgIpc) is 2.44. The molecule has 0 saturated heterocycles. The van der Waals surface area contributed by atoms with E-state index in [4.69, 9.17) is 0 Å². The van der Waals surface area contributed by atoms with Crippen LogP contribution in [0.15, 0.2) is 54.7 Å². The summed E-state index contributed by atoms with van der Waals surface area (Å²) in [7, 11) is 0. The summed E-state index contributed by atoms with van der Waals surface area (Å²) in [6.45, 7) is 3.34. The molecule has 0 unspecified atom stereocenters. The molecule has 1 heterocycles. The van der Waals surface area contributed by atoms with E-state index >= 15 is 0 Å². The van der Waals surface area contributed by atoms with Crippen LogP contribution in [0.2, 0.25) is 0 Å². The molecule has 0 aliphatic rings. The zero-order valence-electron chi connectivity index (χ0n) is 10.8. The summed E-state index contributed by atoms with van der Waals surface area (Å²) < 4.78 is 2.37. The van der Waals surface area contributed by atoms with Gasteiger partial charge in [-0.25, -0.2) is 0 Å². The number of hydrogen-bond donors (Lipinski definition) is 0. The van der Waals surface area contributed by atoms with Gasteiger partial charge in [0, 0.05) is 18.6 Å². The first-order valence-corrected chi connectivity index (χ1v) is 6.70. The largest absolute Gasteiger partial charge is 0.213 e. The highest BCUT2D eigenvalue weighted by atomic mass is 14.9. The van der Waals surface area contributed by atoms with Crippen molar-refractivity contribution in [1.29, 1.82) is 0 Å². The number of fused-ring (bicyclic) bond motifs is 3. The second kappa shape index (κ2) is 4.77. The topological polar surface area (TPSA) is 3.88 Å². The van der Waals surface area contributed by atoms with Gasteiger partial charge in [0.05, 0.1) is 5.39 Å². The molecule has 0 spiro atoms. The Morgan fingerprint density at radius 2 is 1.72 bits per heavy atom. The summed E-state index contributed by atoms with van der Waals surface area (Å²) in [4.78, 5) is 0. The Morgan fingerprint density at radius 3 is 2.61 bits per heavy atom. The van der Waals surface area contributed by atoms with Gasteiger partial charge in [-0.3, -0.25) is 0 Å². The van der Waals surface area contributed by atoms with Gasteiger partial charge in [-0.2, -0.15) is 4.57 Å². The Hall–Kier alpha value is -1.89. The van der Waals surface area contributed by atoms with Crippen LogP contribution in [0.4, 0.5) is 0 Å².